The van der Waals surface area contributed by atoms with Crippen LogP contribution in [0.5, 0.6) is 0 Å². The van der Waals surface area contributed by atoms with E-state index >= 15 is 0 Å². The molecule has 0 fully saturated rings. The zero-order chi connectivity index (χ0) is 36.6. The smallest absolute Gasteiger partial charge is 0.164 e. The van der Waals surface area contributed by atoms with E-state index in [9.17, 15) is 9.90 Å². The monoisotopic (exact) mass is 860 g/mol. The van der Waals surface area contributed by atoms with Crippen molar-refractivity contribution in [2.24, 2.45) is 10.8 Å². The number of fused-ring (bicyclic) bond motifs is 5. The van der Waals surface area contributed by atoms with Gasteiger partial charge in [0.1, 0.15) is 12.1 Å². The second-order valence-corrected chi connectivity index (χ2v) is 16.1. The van der Waals surface area contributed by atoms with E-state index in [1.54, 1.807) is 6.33 Å². The van der Waals surface area contributed by atoms with Crippen LogP contribution in [0.2, 0.25) is 0 Å². The summed E-state index contributed by atoms with van der Waals surface area (Å²) in [6.45, 7) is 23.4. The fourth-order valence-electron chi connectivity index (χ4n) is 6.96. The Kier molecular flexibility index (Phi) is 11.9. The summed E-state index contributed by atoms with van der Waals surface area (Å²) in [5.41, 5.74) is 7.45. The average Bonchev–Trinajstić information content (AvgIpc) is 3.34. The third-order valence-corrected chi connectivity index (χ3v) is 11.8. The Morgan fingerprint density at radius 1 is 0.804 bits per heavy atom. The number of aliphatic hydroxyl groups excluding tert-OH is 1. The van der Waals surface area contributed by atoms with Crippen molar-refractivity contribution in [3.8, 4) is 22.4 Å². The summed E-state index contributed by atoms with van der Waals surface area (Å²) in [6, 6.07) is 27.7. The topological polar surface area (TPSA) is 63.1 Å². The van der Waals surface area contributed by atoms with Gasteiger partial charge in [0, 0.05) is 42.4 Å². The van der Waals surface area contributed by atoms with E-state index in [2.05, 4.69) is 101 Å². The van der Waals surface area contributed by atoms with Gasteiger partial charge >= 0.3 is 0 Å². The quantitative estimate of drug-likeness (QED) is 0.0959. The summed E-state index contributed by atoms with van der Waals surface area (Å²) in [5.74, 6) is 0.286. The van der Waals surface area contributed by atoms with Gasteiger partial charge in [0.15, 0.2) is 5.78 Å². The number of ketones is 1. The van der Waals surface area contributed by atoms with Crippen molar-refractivity contribution < 1.29 is 30.0 Å². The Bertz CT molecular complexity index is 2080. The minimum absolute atomic E-state index is 0. The van der Waals surface area contributed by atoms with E-state index in [1.807, 2.05) is 47.6 Å². The number of hydrogen-bond acceptors (Lipinski definition) is 4. The number of allylic oxidation sites excluding steroid dienone is 2. The van der Waals surface area contributed by atoms with Crippen LogP contribution in [0.4, 0.5) is 0 Å². The molecule has 51 heavy (non-hydrogen) atoms. The largest absolute Gasteiger partial charge is 0.512 e. The SMILES string of the molecule is CC(C)(C)c1ccc2c(-c3ncnc4c3-c3cc5ccccc5cc3C4(C)C)[c-]ccc2c1.CCC(C)(CC)C(=O)/C=C(\O)C(C)(CC)CC.[Ir]. The molecular formula is C46H55IrN2O2-. The molecule has 0 atom stereocenters. The number of nitrogens with zero attached hydrogens (tertiary/aromatic N) is 2. The fourth-order valence-corrected chi connectivity index (χ4v) is 6.96. The van der Waals surface area contributed by atoms with Gasteiger partial charge in [-0.2, -0.15) is 0 Å². The third kappa shape index (κ3) is 7.48. The van der Waals surface area contributed by atoms with Crippen LogP contribution >= 0.6 is 0 Å². The molecule has 1 aromatic heterocycles. The molecule has 5 heteroatoms. The van der Waals surface area contributed by atoms with Gasteiger partial charge in [0.25, 0.3) is 0 Å². The first-order valence-electron chi connectivity index (χ1n) is 18.3. The third-order valence-electron chi connectivity index (χ3n) is 11.8. The maximum absolute atomic E-state index is 12.2. The zero-order valence-electron chi connectivity index (χ0n) is 32.4. The Labute approximate surface area is 319 Å². The number of rotatable bonds is 8. The molecule has 0 saturated carbocycles. The average molecular weight is 860 g/mol. The van der Waals surface area contributed by atoms with Gasteiger partial charge < -0.3 is 5.11 Å². The molecule has 6 rings (SSSR count). The molecule has 1 radical (unpaired) electrons. The molecule has 0 aliphatic heterocycles. The number of carbonyl (C=O) groups excluding carboxylic acids is 1. The molecule has 4 aromatic carbocycles. The summed E-state index contributed by atoms with van der Waals surface area (Å²) in [5, 5.41) is 15.0. The van der Waals surface area contributed by atoms with Gasteiger partial charge in [0.05, 0.1) is 5.69 Å². The molecule has 5 aromatic rings. The second kappa shape index (κ2) is 15.1. The molecule has 0 saturated heterocycles. The predicted octanol–water partition coefficient (Wildman–Crippen LogP) is 12.5. The Balaban J connectivity index is 0.000000279. The van der Waals surface area contributed by atoms with Crippen LogP contribution in [0.1, 0.15) is 119 Å². The van der Waals surface area contributed by atoms with E-state index in [0.29, 0.717) is 0 Å². The van der Waals surface area contributed by atoms with Gasteiger partial charge in [0.2, 0.25) is 0 Å². The van der Waals surface area contributed by atoms with Crippen LogP contribution in [-0.4, -0.2) is 20.9 Å². The molecule has 0 spiro atoms. The molecule has 1 aliphatic rings. The zero-order valence-corrected chi connectivity index (χ0v) is 34.8. The van der Waals surface area contributed by atoms with Crippen molar-refractivity contribution >= 4 is 27.3 Å². The standard InChI is InChI=1S/C31H27N2.C15H28O2.Ir/c1-30(2,3)22-13-14-23-21(15-22)11-8-12-24(23)28-27-25-16-19-9-6-7-10-20(19)17-26(25)31(4,5)29(27)33-18-32-28;1-7-14(5,8-2)12(16)11-13(17)15(6,9-3)10-4;/h6-11,13-18H,1-5H3;11,16H,7-10H2,1-6H3;/q-1;;/b;12-11-;. The van der Waals surface area contributed by atoms with Gasteiger partial charge in [-0.3, -0.25) is 9.78 Å². The summed E-state index contributed by atoms with van der Waals surface area (Å²) in [7, 11) is 0. The normalized spacial score (nSPS) is 14.0. The van der Waals surface area contributed by atoms with Crippen molar-refractivity contribution in [1.82, 2.24) is 9.97 Å². The molecular weight excluding hydrogens is 805 g/mol. The first-order chi connectivity index (χ1) is 23.5. The van der Waals surface area contributed by atoms with E-state index in [4.69, 9.17) is 9.97 Å². The number of carbonyl (C=O) groups is 1. The number of aliphatic hydroxyl groups is 1. The summed E-state index contributed by atoms with van der Waals surface area (Å²) >= 11 is 0. The molecule has 0 unspecified atom stereocenters. The van der Waals surface area contributed by atoms with Gasteiger partial charge in [-0.25, -0.2) is 4.98 Å². The fraction of sp³-hybridized carbons (Fsp3) is 0.413. The minimum Gasteiger partial charge on any atom is -0.512 e. The summed E-state index contributed by atoms with van der Waals surface area (Å²) in [4.78, 5) is 21.8. The summed E-state index contributed by atoms with van der Waals surface area (Å²) in [6.07, 6.45) is 6.47. The molecule has 1 aliphatic carbocycles. The maximum Gasteiger partial charge on any atom is 0.164 e. The predicted molar refractivity (Wildman–Crippen MR) is 211 cm³/mol. The number of aromatic nitrogens is 2. The summed E-state index contributed by atoms with van der Waals surface area (Å²) < 4.78 is 0. The number of benzene rings is 4. The van der Waals surface area contributed by atoms with Crippen LogP contribution < -0.4 is 0 Å². The van der Waals surface area contributed by atoms with Crippen molar-refractivity contribution in [2.75, 3.05) is 0 Å². The van der Waals surface area contributed by atoms with Crippen LogP contribution in [0.25, 0.3) is 43.9 Å². The van der Waals surface area contributed by atoms with Crippen LogP contribution in [0, 0.1) is 16.9 Å². The second-order valence-electron chi connectivity index (χ2n) is 16.1. The van der Waals surface area contributed by atoms with E-state index in [1.165, 1.54) is 44.3 Å². The molecule has 4 nitrogen and oxygen atoms in total. The first kappa shape index (κ1) is 40.1. The first-order valence-corrected chi connectivity index (χ1v) is 18.3. The maximum atomic E-state index is 12.2. The number of hydrogen-bond donors (Lipinski definition) is 1. The molecule has 0 amide bonds. The van der Waals surface area contributed by atoms with Crippen LogP contribution in [-0.2, 0) is 35.7 Å². The van der Waals surface area contributed by atoms with Gasteiger partial charge in [-0.15, -0.1) is 29.1 Å². The molecule has 0 bridgehead atoms. The van der Waals surface area contributed by atoms with Crippen LogP contribution in [0.15, 0.2) is 84.9 Å². The Morgan fingerprint density at radius 2 is 1.41 bits per heavy atom. The van der Waals surface area contributed by atoms with E-state index in [0.717, 1.165) is 48.2 Å². The van der Waals surface area contributed by atoms with Crippen molar-refractivity contribution in [1.29, 1.82) is 0 Å². The molecule has 1 heterocycles. The van der Waals surface area contributed by atoms with Crippen molar-refractivity contribution in [3.05, 3.63) is 108 Å². The minimum atomic E-state index is -0.337. The van der Waals surface area contributed by atoms with E-state index in [-0.39, 0.29) is 53.3 Å². The van der Waals surface area contributed by atoms with Gasteiger partial charge in [-0.05, 0) is 82.0 Å². The van der Waals surface area contributed by atoms with E-state index < -0.39 is 0 Å². The molecule has 271 valence electrons. The van der Waals surface area contributed by atoms with Gasteiger partial charge in [-0.1, -0.05) is 124 Å². The van der Waals surface area contributed by atoms with Crippen molar-refractivity contribution in [3.63, 3.8) is 0 Å². The Morgan fingerprint density at radius 3 is 2.00 bits per heavy atom. The van der Waals surface area contributed by atoms with Crippen LogP contribution in [0.3, 0.4) is 0 Å². The van der Waals surface area contributed by atoms with Crippen molar-refractivity contribution in [2.45, 2.75) is 113 Å². The molecule has 1 N–H and O–H groups in total. The Hall–Kier alpha value is -3.66.